The van der Waals surface area contributed by atoms with E-state index in [9.17, 15) is 14.4 Å². The molecule has 1 amide bonds. The molecule has 176 valence electrons. The summed E-state index contributed by atoms with van der Waals surface area (Å²) < 4.78 is 15.8. The van der Waals surface area contributed by atoms with Gasteiger partial charge in [-0.05, 0) is 59.3 Å². The van der Waals surface area contributed by atoms with Crippen molar-refractivity contribution in [3.63, 3.8) is 0 Å². The number of alkyl carbamates (subject to hydrolysis) is 1. The minimum absolute atomic E-state index is 0.0839. The number of hydrogen-bond acceptors (Lipinski definition) is 7. The van der Waals surface area contributed by atoms with E-state index in [1.807, 2.05) is 20.8 Å². The summed E-state index contributed by atoms with van der Waals surface area (Å²) in [5.41, 5.74) is 5.28. The zero-order valence-corrected chi connectivity index (χ0v) is 19.1. The van der Waals surface area contributed by atoms with Crippen molar-refractivity contribution in [2.75, 3.05) is 26.4 Å². The lowest BCUT2D eigenvalue weighted by Gasteiger charge is -2.25. The molecule has 0 bridgehead atoms. The molecule has 4 aliphatic rings. The van der Waals surface area contributed by atoms with Gasteiger partial charge in [0.05, 0.1) is 25.3 Å². The molecule has 4 atom stereocenters. The molecule has 0 aromatic carbocycles. The SMILES string of the molecule is CC(C)(C)OC(=O)NC(C(=O)C1CC1)C1CCOC1.NC(C(=O)C1CC1)C1CCOC1. The highest BCUT2D eigenvalue weighted by Crippen LogP contribution is 2.34. The second-order valence-electron chi connectivity index (χ2n) is 10.3. The molecule has 4 rings (SSSR count). The Morgan fingerprint density at radius 2 is 1.39 bits per heavy atom. The first-order valence-electron chi connectivity index (χ1n) is 11.6. The van der Waals surface area contributed by atoms with Gasteiger partial charge in [0.1, 0.15) is 5.60 Å². The average molecular weight is 439 g/mol. The van der Waals surface area contributed by atoms with Gasteiger partial charge >= 0.3 is 6.09 Å². The number of Topliss-reactive ketones (excluding diaryl/α,β-unsaturated/α-hetero) is 2. The van der Waals surface area contributed by atoms with E-state index in [0.717, 1.165) is 45.1 Å². The fraction of sp³-hybridized carbons (Fsp3) is 0.870. The molecule has 2 aliphatic carbocycles. The third-order valence-electron chi connectivity index (χ3n) is 6.18. The summed E-state index contributed by atoms with van der Waals surface area (Å²) in [6.45, 7) is 8.08. The van der Waals surface area contributed by atoms with E-state index in [1.165, 1.54) is 0 Å². The van der Waals surface area contributed by atoms with E-state index in [-0.39, 0.29) is 35.4 Å². The number of nitrogens with one attached hydrogen (secondary N) is 1. The molecule has 0 spiro atoms. The van der Waals surface area contributed by atoms with Crippen molar-refractivity contribution in [3.05, 3.63) is 0 Å². The molecule has 0 radical (unpaired) electrons. The molecule has 0 aromatic rings. The van der Waals surface area contributed by atoms with Gasteiger partial charge in [-0.3, -0.25) is 9.59 Å². The van der Waals surface area contributed by atoms with Crippen LogP contribution in [0.3, 0.4) is 0 Å². The van der Waals surface area contributed by atoms with Gasteiger partial charge in [0.15, 0.2) is 11.6 Å². The highest BCUT2D eigenvalue weighted by atomic mass is 16.6. The van der Waals surface area contributed by atoms with E-state index < -0.39 is 17.7 Å². The number of rotatable bonds is 7. The summed E-state index contributed by atoms with van der Waals surface area (Å²) in [4.78, 5) is 35.6. The topological polar surface area (TPSA) is 117 Å². The molecular weight excluding hydrogens is 400 g/mol. The number of nitrogens with two attached hydrogens (primary N) is 1. The number of carbonyl (C=O) groups is 3. The molecular formula is C23H38N2O6. The maximum atomic E-state index is 12.3. The van der Waals surface area contributed by atoms with Crippen LogP contribution in [0.2, 0.25) is 0 Å². The Labute approximate surface area is 184 Å². The summed E-state index contributed by atoms with van der Waals surface area (Å²) in [6.07, 6.45) is 5.26. The van der Waals surface area contributed by atoms with Gasteiger partial charge in [-0.1, -0.05) is 0 Å². The van der Waals surface area contributed by atoms with Crippen LogP contribution in [0, 0.1) is 23.7 Å². The molecule has 31 heavy (non-hydrogen) atoms. The van der Waals surface area contributed by atoms with Crippen molar-refractivity contribution in [2.45, 2.75) is 77.0 Å². The van der Waals surface area contributed by atoms with Crippen molar-refractivity contribution >= 4 is 17.7 Å². The van der Waals surface area contributed by atoms with E-state index in [1.54, 1.807) is 0 Å². The second-order valence-corrected chi connectivity index (χ2v) is 10.3. The van der Waals surface area contributed by atoms with Crippen molar-refractivity contribution in [1.29, 1.82) is 0 Å². The van der Waals surface area contributed by atoms with Crippen LogP contribution in [0.15, 0.2) is 0 Å². The molecule has 4 unspecified atom stereocenters. The first-order chi connectivity index (χ1) is 14.7. The van der Waals surface area contributed by atoms with E-state index >= 15 is 0 Å². The molecule has 4 fully saturated rings. The highest BCUT2D eigenvalue weighted by molar-refractivity contribution is 5.91. The van der Waals surface area contributed by atoms with Gasteiger partial charge in [-0.15, -0.1) is 0 Å². The Balaban J connectivity index is 0.000000194. The zero-order valence-electron chi connectivity index (χ0n) is 19.1. The maximum Gasteiger partial charge on any atom is 0.408 e. The van der Waals surface area contributed by atoms with Crippen LogP contribution < -0.4 is 11.1 Å². The number of carbonyl (C=O) groups excluding carboxylic acids is 3. The molecule has 2 saturated carbocycles. The lowest BCUT2D eigenvalue weighted by atomic mass is 9.93. The summed E-state index contributed by atoms with van der Waals surface area (Å²) >= 11 is 0. The van der Waals surface area contributed by atoms with Crippen LogP contribution in [0.1, 0.15) is 59.3 Å². The normalized spacial score (nSPS) is 27.6. The molecule has 8 nitrogen and oxygen atoms in total. The quantitative estimate of drug-likeness (QED) is 0.626. The minimum atomic E-state index is -0.552. The summed E-state index contributed by atoms with van der Waals surface area (Å²) in [5, 5.41) is 2.75. The monoisotopic (exact) mass is 438 g/mol. The van der Waals surface area contributed by atoms with Gasteiger partial charge in [-0.25, -0.2) is 4.79 Å². The van der Waals surface area contributed by atoms with Crippen LogP contribution in [-0.2, 0) is 23.8 Å². The van der Waals surface area contributed by atoms with E-state index in [4.69, 9.17) is 19.9 Å². The Morgan fingerprint density at radius 1 is 0.871 bits per heavy atom. The summed E-state index contributed by atoms with van der Waals surface area (Å²) in [5.74, 6) is 1.20. The summed E-state index contributed by atoms with van der Waals surface area (Å²) in [6, 6.07) is -0.704. The Bertz CT molecular complexity index is 641. The zero-order chi connectivity index (χ0) is 22.6. The van der Waals surface area contributed by atoms with Gasteiger partial charge in [0.2, 0.25) is 0 Å². The smallest absolute Gasteiger partial charge is 0.408 e. The fourth-order valence-electron chi connectivity index (χ4n) is 4.00. The van der Waals surface area contributed by atoms with E-state index in [0.29, 0.717) is 25.7 Å². The highest BCUT2D eigenvalue weighted by Gasteiger charge is 2.41. The number of ketones is 2. The van der Waals surface area contributed by atoms with Gasteiger partial charge in [0, 0.05) is 36.9 Å². The Hall–Kier alpha value is -1.51. The van der Waals surface area contributed by atoms with Gasteiger partial charge in [-0.2, -0.15) is 0 Å². The fourth-order valence-corrected chi connectivity index (χ4v) is 4.00. The molecule has 2 saturated heterocycles. The maximum absolute atomic E-state index is 12.3. The van der Waals surface area contributed by atoms with E-state index in [2.05, 4.69) is 5.32 Å². The average Bonchev–Trinajstić information content (AvgIpc) is 3.62. The molecule has 3 N–H and O–H groups in total. The van der Waals surface area contributed by atoms with Crippen molar-refractivity contribution < 1.29 is 28.6 Å². The molecule has 8 heteroatoms. The molecule has 2 heterocycles. The number of amides is 1. The van der Waals surface area contributed by atoms with Crippen LogP contribution in [0.25, 0.3) is 0 Å². The van der Waals surface area contributed by atoms with Crippen LogP contribution >= 0.6 is 0 Å². The Kier molecular flexibility index (Phi) is 8.10. The largest absolute Gasteiger partial charge is 0.444 e. The van der Waals surface area contributed by atoms with Gasteiger partial charge in [0.25, 0.3) is 0 Å². The van der Waals surface area contributed by atoms with Crippen molar-refractivity contribution in [3.8, 4) is 0 Å². The summed E-state index contributed by atoms with van der Waals surface area (Å²) in [7, 11) is 0. The minimum Gasteiger partial charge on any atom is -0.444 e. The molecule has 2 aliphatic heterocycles. The lowest BCUT2D eigenvalue weighted by molar-refractivity contribution is -0.124. The number of hydrogen-bond donors (Lipinski definition) is 2. The van der Waals surface area contributed by atoms with Crippen LogP contribution in [0.5, 0.6) is 0 Å². The van der Waals surface area contributed by atoms with Gasteiger partial charge < -0.3 is 25.3 Å². The molecule has 0 aromatic heterocycles. The first-order valence-corrected chi connectivity index (χ1v) is 11.6. The van der Waals surface area contributed by atoms with Crippen LogP contribution in [-0.4, -0.2) is 61.8 Å². The Morgan fingerprint density at radius 3 is 1.84 bits per heavy atom. The number of ether oxygens (including phenoxy) is 3. The van der Waals surface area contributed by atoms with Crippen LogP contribution in [0.4, 0.5) is 4.79 Å². The standard InChI is InChI=1S/C14H23NO4.C9H15NO2/c1-14(2,3)19-13(17)15-11(10-6-7-18-8-10)12(16)9-4-5-9;10-8(7-3-4-12-5-7)9(11)6-1-2-6/h9-11H,4-8H2,1-3H3,(H,15,17);6-8H,1-5,10H2. The van der Waals surface area contributed by atoms with Crippen molar-refractivity contribution in [1.82, 2.24) is 5.32 Å². The first kappa shape index (κ1) is 24.1. The third-order valence-corrected chi connectivity index (χ3v) is 6.18. The predicted octanol–water partition coefficient (Wildman–Crippen LogP) is 2.22. The second kappa shape index (κ2) is 10.4. The van der Waals surface area contributed by atoms with Crippen molar-refractivity contribution in [2.24, 2.45) is 29.4 Å². The predicted molar refractivity (Wildman–Crippen MR) is 114 cm³/mol. The lowest BCUT2D eigenvalue weighted by Crippen LogP contribution is -2.48. The third kappa shape index (κ3) is 7.54.